The van der Waals surface area contributed by atoms with E-state index >= 15 is 0 Å². The third kappa shape index (κ3) is 4.78. The zero-order chi connectivity index (χ0) is 15.3. The van der Waals surface area contributed by atoms with Crippen molar-refractivity contribution in [1.82, 2.24) is 0 Å². The van der Waals surface area contributed by atoms with Gasteiger partial charge in [-0.2, -0.15) is 0 Å². The summed E-state index contributed by atoms with van der Waals surface area (Å²) in [5.41, 5.74) is 0. The molecule has 0 amide bonds. The van der Waals surface area contributed by atoms with Gasteiger partial charge in [0.05, 0.1) is 13.0 Å². The number of esters is 3. The second-order valence-corrected chi connectivity index (χ2v) is 4.35. The van der Waals surface area contributed by atoms with E-state index in [0.29, 0.717) is 0 Å². The molecule has 1 aliphatic rings. The third-order valence-electron chi connectivity index (χ3n) is 2.58. The van der Waals surface area contributed by atoms with Gasteiger partial charge in [0.15, 0.2) is 6.10 Å². The first-order chi connectivity index (χ1) is 9.33. The minimum Gasteiger partial charge on any atom is -0.458 e. The van der Waals surface area contributed by atoms with Gasteiger partial charge in [-0.05, 0) is 0 Å². The van der Waals surface area contributed by atoms with Gasteiger partial charge in [0, 0.05) is 20.8 Å². The lowest BCUT2D eigenvalue weighted by Crippen LogP contribution is -2.54. The lowest BCUT2D eigenvalue weighted by atomic mass is 10.0. The first-order valence-electron chi connectivity index (χ1n) is 6.11. The van der Waals surface area contributed by atoms with Crippen molar-refractivity contribution in [2.45, 2.75) is 51.8 Å². The molecule has 0 aromatic heterocycles. The maximum absolute atomic E-state index is 11.1. The van der Waals surface area contributed by atoms with Crippen molar-refractivity contribution in [3.63, 3.8) is 0 Å². The summed E-state index contributed by atoms with van der Waals surface area (Å²) >= 11 is 0. The molecule has 0 saturated carbocycles. The molecule has 1 saturated heterocycles. The van der Waals surface area contributed by atoms with Crippen molar-refractivity contribution in [3.05, 3.63) is 0 Å². The highest BCUT2D eigenvalue weighted by Crippen LogP contribution is 2.26. The van der Waals surface area contributed by atoms with Crippen LogP contribution < -0.4 is 0 Å². The molecule has 1 heterocycles. The maximum Gasteiger partial charge on any atom is 0.304 e. The first kappa shape index (κ1) is 16.4. The monoisotopic (exact) mass is 290 g/mol. The molecule has 0 aliphatic carbocycles. The fourth-order valence-electron chi connectivity index (χ4n) is 1.97. The average molecular weight is 290 g/mol. The van der Waals surface area contributed by atoms with Crippen LogP contribution in [0.2, 0.25) is 0 Å². The van der Waals surface area contributed by atoms with Gasteiger partial charge in [-0.15, -0.1) is 0 Å². The van der Waals surface area contributed by atoms with Gasteiger partial charge in [0.25, 0.3) is 0 Å². The predicted octanol–water partition coefficient (Wildman–Crippen LogP) is -0.480. The van der Waals surface area contributed by atoms with Gasteiger partial charge in [-0.1, -0.05) is 0 Å². The highest BCUT2D eigenvalue weighted by molar-refractivity contribution is 5.67. The number of ether oxygens (including phenoxy) is 4. The summed E-state index contributed by atoms with van der Waals surface area (Å²) in [5.74, 6) is -1.74. The average Bonchev–Trinajstić information content (AvgIpc) is 2.30. The Labute approximate surface area is 115 Å². The summed E-state index contributed by atoms with van der Waals surface area (Å²) in [5, 5.41) is 9.28. The van der Waals surface area contributed by atoms with E-state index in [4.69, 9.17) is 18.9 Å². The van der Waals surface area contributed by atoms with Crippen LogP contribution in [-0.2, 0) is 33.3 Å². The molecule has 4 atom stereocenters. The predicted molar refractivity (Wildman–Crippen MR) is 63.2 cm³/mol. The SMILES string of the molecule is CC(=O)OC1CC(OC(C)=O)[C@H](OC(C)=O)C(CO)O1. The highest BCUT2D eigenvalue weighted by atomic mass is 16.7. The standard InChI is InChI=1S/C12H18O8/c1-6(14)17-9-4-11(18-7(2)15)20-10(5-13)12(9)19-8(3)16/h9-13H,4-5H2,1-3H3/t9?,10?,11?,12-/m0/s1. The fourth-order valence-corrected chi connectivity index (χ4v) is 1.97. The van der Waals surface area contributed by atoms with Crippen LogP contribution in [0.4, 0.5) is 0 Å². The fraction of sp³-hybridized carbons (Fsp3) is 0.750. The second kappa shape index (κ2) is 7.20. The molecular formula is C12H18O8. The molecule has 1 fully saturated rings. The molecule has 1 rings (SSSR count). The van der Waals surface area contributed by atoms with Crippen LogP contribution in [0.15, 0.2) is 0 Å². The Morgan fingerprint density at radius 1 is 1.05 bits per heavy atom. The Bertz CT molecular complexity index is 380. The van der Waals surface area contributed by atoms with Gasteiger partial charge in [0.1, 0.15) is 12.2 Å². The highest BCUT2D eigenvalue weighted by Gasteiger charge is 2.43. The molecular weight excluding hydrogens is 272 g/mol. The van der Waals surface area contributed by atoms with E-state index < -0.39 is 49.1 Å². The van der Waals surface area contributed by atoms with Crippen molar-refractivity contribution in [2.24, 2.45) is 0 Å². The summed E-state index contributed by atoms with van der Waals surface area (Å²) in [4.78, 5) is 33.1. The Balaban J connectivity index is 2.86. The molecule has 0 aromatic carbocycles. The Kier molecular flexibility index (Phi) is 5.90. The van der Waals surface area contributed by atoms with Crippen molar-refractivity contribution >= 4 is 17.9 Å². The largest absolute Gasteiger partial charge is 0.458 e. The molecule has 3 unspecified atom stereocenters. The molecule has 0 radical (unpaired) electrons. The Morgan fingerprint density at radius 2 is 1.60 bits per heavy atom. The summed E-state index contributed by atoms with van der Waals surface area (Å²) in [6.07, 6.45) is -3.70. The van der Waals surface area contributed by atoms with Crippen LogP contribution in [0, 0.1) is 0 Å². The van der Waals surface area contributed by atoms with E-state index in [1.807, 2.05) is 0 Å². The van der Waals surface area contributed by atoms with E-state index in [0.717, 1.165) is 0 Å². The number of rotatable bonds is 4. The van der Waals surface area contributed by atoms with E-state index in [-0.39, 0.29) is 6.42 Å². The summed E-state index contributed by atoms with van der Waals surface area (Å²) < 4.78 is 20.3. The number of hydrogen-bond donors (Lipinski definition) is 1. The van der Waals surface area contributed by atoms with Crippen LogP contribution in [0.25, 0.3) is 0 Å². The quantitative estimate of drug-likeness (QED) is 0.546. The van der Waals surface area contributed by atoms with E-state index in [1.54, 1.807) is 0 Å². The van der Waals surface area contributed by atoms with Gasteiger partial charge in [0.2, 0.25) is 6.29 Å². The van der Waals surface area contributed by atoms with E-state index in [2.05, 4.69) is 0 Å². The zero-order valence-corrected chi connectivity index (χ0v) is 11.5. The minimum atomic E-state index is -0.971. The van der Waals surface area contributed by atoms with Crippen molar-refractivity contribution < 1.29 is 38.4 Å². The van der Waals surface area contributed by atoms with Crippen molar-refractivity contribution in [1.29, 1.82) is 0 Å². The van der Waals surface area contributed by atoms with E-state index in [1.165, 1.54) is 20.8 Å². The maximum atomic E-state index is 11.1. The van der Waals surface area contributed by atoms with Crippen molar-refractivity contribution in [3.8, 4) is 0 Å². The lowest BCUT2D eigenvalue weighted by Gasteiger charge is -2.39. The van der Waals surface area contributed by atoms with Crippen LogP contribution in [0.1, 0.15) is 27.2 Å². The molecule has 0 spiro atoms. The molecule has 20 heavy (non-hydrogen) atoms. The molecule has 1 N–H and O–H groups in total. The Hall–Kier alpha value is -1.67. The summed E-state index contributed by atoms with van der Waals surface area (Å²) in [6.45, 7) is 3.12. The van der Waals surface area contributed by atoms with Gasteiger partial charge in [-0.3, -0.25) is 14.4 Å². The van der Waals surface area contributed by atoms with Crippen LogP contribution in [0.5, 0.6) is 0 Å². The van der Waals surface area contributed by atoms with Gasteiger partial charge < -0.3 is 24.1 Å². The normalized spacial score (nSPS) is 29.4. The number of carbonyl (C=O) groups is 3. The van der Waals surface area contributed by atoms with Gasteiger partial charge >= 0.3 is 17.9 Å². The minimum absolute atomic E-state index is 0.0214. The number of hydrogen-bond acceptors (Lipinski definition) is 8. The molecule has 1 aliphatic heterocycles. The van der Waals surface area contributed by atoms with E-state index in [9.17, 15) is 19.5 Å². The van der Waals surface area contributed by atoms with Gasteiger partial charge in [-0.25, -0.2) is 0 Å². The van der Waals surface area contributed by atoms with Crippen molar-refractivity contribution in [2.75, 3.05) is 6.61 Å². The van der Waals surface area contributed by atoms with Crippen LogP contribution in [-0.4, -0.2) is 54.2 Å². The number of carbonyl (C=O) groups excluding carboxylic acids is 3. The Morgan fingerprint density at radius 3 is 2.05 bits per heavy atom. The topological polar surface area (TPSA) is 108 Å². The molecule has 0 bridgehead atoms. The molecule has 114 valence electrons. The smallest absolute Gasteiger partial charge is 0.304 e. The second-order valence-electron chi connectivity index (χ2n) is 4.35. The van der Waals surface area contributed by atoms with Crippen LogP contribution >= 0.6 is 0 Å². The van der Waals surface area contributed by atoms with Crippen LogP contribution in [0.3, 0.4) is 0 Å². The first-order valence-corrected chi connectivity index (χ1v) is 6.11. The lowest BCUT2D eigenvalue weighted by molar-refractivity contribution is -0.258. The number of aliphatic hydroxyl groups is 1. The molecule has 8 nitrogen and oxygen atoms in total. The molecule has 8 heteroatoms. The summed E-state index contributed by atoms with van der Waals surface area (Å²) in [6, 6.07) is 0. The molecule has 0 aromatic rings. The number of aliphatic hydroxyl groups excluding tert-OH is 1. The summed E-state index contributed by atoms with van der Waals surface area (Å²) in [7, 11) is 0. The third-order valence-corrected chi connectivity index (χ3v) is 2.58. The zero-order valence-electron chi connectivity index (χ0n) is 11.5.